The summed E-state index contributed by atoms with van der Waals surface area (Å²) in [5.74, 6) is 0. The van der Waals surface area contributed by atoms with Gasteiger partial charge in [-0.25, -0.2) is 0 Å². The lowest BCUT2D eigenvalue weighted by Crippen LogP contribution is -2.25. The van der Waals surface area contributed by atoms with Crippen LogP contribution < -0.4 is 11.3 Å². The van der Waals surface area contributed by atoms with Gasteiger partial charge < -0.3 is 10.3 Å². The summed E-state index contributed by atoms with van der Waals surface area (Å²) in [5.41, 5.74) is 7.28. The van der Waals surface area contributed by atoms with Crippen molar-refractivity contribution >= 4 is 0 Å². The molecule has 2 aromatic heterocycles. The lowest BCUT2D eigenvalue weighted by Gasteiger charge is -2.06. The van der Waals surface area contributed by atoms with E-state index in [0.29, 0.717) is 12.1 Å². The Balaban J connectivity index is 2.12. The quantitative estimate of drug-likeness (QED) is 0.849. The lowest BCUT2D eigenvalue weighted by molar-refractivity contribution is 0.660. The monoisotopic (exact) mass is 229 g/mol. The molecule has 0 aromatic carbocycles. The Kier molecular flexibility index (Phi) is 3.67. The highest BCUT2D eigenvalue weighted by Gasteiger charge is 2.01. The molecule has 17 heavy (non-hydrogen) atoms. The van der Waals surface area contributed by atoms with Crippen molar-refractivity contribution in [3.63, 3.8) is 0 Å². The Hall–Kier alpha value is -1.94. The first kappa shape index (κ1) is 11.5. The topological polar surface area (TPSA) is 60.9 Å². The van der Waals surface area contributed by atoms with Crippen molar-refractivity contribution in [2.24, 2.45) is 5.73 Å². The third-order valence-corrected chi connectivity index (χ3v) is 2.68. The molecule has 0 saturated carbocycles. The second-order valence-electron chi connectivity index (χ2n) is 3.85. The van der Waals surface area contributed by atoms with E-state index in [0.717, 1.165) is 12.0 Å². The zero-order valence-corrected chi connectivity index (χ0v) is 9.54. The molecule has 0 unspecified atom stereocenters. The van der Waals surface area contributed by atoms with E-state index in [9.17, 15) is 4.79 Å². The second-order valence-corrected chi connectivity index (χ2v) is 3.85. The number of aryl methyl sites for hydroxylation is 2. The number of pyridine rings is 2. The molecule has 2 aromatic rings. The maximum Gasteiger partial charge on any atom is 0.255 e. The summed E-state index contributed by atoms with van der Waals surface area (Å²) in [5, 5.41) is 0. The van der Waals surface area contributed by atoms with Crippen LogP contribution >= 0.6 is 0 Å². The van der Waals surface area contributed by atoms with Crippen molar-refractivity contribution in [3.8, 4) is 0 Å². The fraction of sp³-hybridized carbons (Fsp3) is 0.231. The fourth-order valence-corrected chi connectivity index (χ4v) is 1.71. The fourth-order valence-electron chi connectivity index (χ4n) is 1.71. The Morgan fingerprint density at radius 3 is 2.88 bits per heavy atom. The Labute approximate surface area is 99.7 Å². The van der Waals surface area contributed by atoms with Gasteiger partial charge in [0.15, 0.2) is 0 Å². The summed E-state index contributed by atoms with van der Waals surface area (Å²) in [6.07, 6.45) is 6.14. The summed E-state index contributed by atoms with van der Waals surface area (Å²) in [6.45, 7) is 0.935. The first-order valence-corrected chi connectivity index (χ1v) is 5.58. The van der Waals surface area contributed by atoms with Crippen molar-refractivity contribution in [3.05, 3.63) is 64.3 Å². The van der Waals surface area contributed by atoms with Crippen LogP contribution in [-0.2, 0) is 19.5 Å². The minimum atomic E-state index is -0.00103. The van der Waals surface area contributed by atoms with Crippen LogP contribution in [0.4, 0.5) is 0 Å². The van der Waals surface area contributed by atoms with Crippen molar-refractivity contribution < 1.29 is 0 Å². The molecule has 0 fully saturated rings. The van der Waals surface area contributed by atoms with Gasteiger partial charge in [-0.2, -0.15) is 0 Å². The van der Waals surface area contributed by atoms with Crippen molar-refractivity contribution in [1.29, 1.82) is 0 Å². The van der Waals surface area contributed by atoms with E-state index in [1.54, 1.807) is 23.0 Å². The highest BCUT2D eigenvalue weighted by molar-refractivity contribution is 5.11. The molecule has 0 amide bonds. The highest BCUT2D eigenvalue weighted by atomic mass is 16.1. The third-order valence-electron chi connectivity index (χ3n) is 2.68. The SMILES string of the molecule is NCc1cccn(CCc2cccnc2)c1=O. The van der Waals surface area contributed by atoms with Crippen LogP contribution in [0.3, 0.4) is 0 Å². The van der Waals surface area contributed by atoms with Gasteiger partial charge >= 0.3 is 0 Å². The second kappa shape index (κ2) is 5.41. The molecule has 0 saturated heterocycles. The Morgan fingerprint density at radius 2 is 2.18 bits per heavy atom. The normalized spacial score (nSPS) is 10.4. The summed E-state index contributed by atoms with van der Waals surface area (Å²) in [4.78, 5) is 15.9. The summed E-state index contributed by atoms with van der Waals surface area (Å²) < 4.78 is 1.69. The van der Waals surface area contributed by atoms with Crippen LogP contribution in [0.25, 0.3) is 0 Å². The van der Waals surface area contributed by atoms with Crippen molar-refractivity contribution in [2.45, 2.75) is 19.5 Å². The van der Waals surface area contributed by atoms with Crippen LogP contribution in [0.15, 0.2) is 47.7 Å². The molecule has 0 bridgehead atoms. The molecule has 0 spiro atoms. The molecule has 88 valence electrons. The number of nitrogens with zero attached hydrogens (tertiary/aromatic N) is 2. The zero-order valence-electron chi connectivity index (χ0n) is 9.54. The van der Waals surface area contributed by atoms with Crippen LogP contribution in [0.5, 0.6) is 0 Å². The van der Waals surface area contributed by atoms with Crippen LogP contribution in [0, 0.1) is 0 Å². The lowest BCUT2D eigenvalue weighted by atomic mass is 10.2. The first-order valence-electron chi connectivity index (χ1n) is 5.58. The van der Waals surface area contributed by atoms with Gasteiger partial charge in [0, 0.05) is 37.2 Å². The predicted octanol–water partition coefficient (Wildman–Crippen LogP) is 0.945. The van der Waals surface area contributed by atoms with E-state index < -0.39 is 0 Å². The van der Waals surface area contributed by atoms with Crippen LogP contribution in [0.2, 0.25) is 0 Å². The van der Waals surface area contributed by atoms with E-state index >= 15 is 0 Å². The molecule has 2 N–H and O–H groups in total. The third kappa shape index (κ3) is 2.79. The summed E-state index contributed by atoms with van der Waals surface area (Å²) in [6, 6.07) is 7.52. The standard InChI is InChI=1S/C13H15N3O/c14-9-12-4-2-7-16(13(12)17)8-5-11-3-1-6-15-10-11/h1-4,6-7,10H,5,8-9,14H2. The average Bonchev–Trinajstić information content (AvgIpc) is 2.39. The number of rotatable bonds is 4. The number of nitrogens with two attached hydrogens (primary N) is 1. The zero-order chi connectivity index (χ0) is 12.1. The minimum Gasteiger partial charge on any atom is -0.326 e. The van der Waals surface area contributed by atoms with E-state index in [4.69, 9.17) is 5.73 Å². The maximum atomic E-state index is 11.9. The van der Waals surface area contributed by atoms with Gasteiger partial charge in [-0.15, -0.1) is 0 Å². The molecule has 2 heterocycles. The minimum absolute atomic E-state index is 0.00103. The molecule has 0 aliphatic heterocycles. The van der Waals surface area contributed by atoms with Gasteiger partial charge in [-0.3, -0.25) is 9.78 Å². The van der Waals surface area contributed by atoms with Gasteiger partial charge in [0.05, 0.1) is 0 Å². The number of aromatic nitrogens is 2. The summed E-state index contributed by atoms with van der Waals surface area (Å²) >= 11 is 0. The predicted molar refractivity (Wildman–Crippen MR) is 66.5 cm³/mol. The number of hydrogen-bond acceptors (Lipinski definition) is 3. The first-order chi connectivity index (χ1) is 8.31. The maximum absolute atomic E-state index is 11.9. The molecule has 4 nitrogen and oxygen atoms in total. The van der Waals surface area contributed by atoms with Crippen LogP contribution in [0.1, 0.15) is 11.1 Å². The van der Waals surface area contributed by atoms with Crippen LogP contribution in [-0.4, -0.2) is 9.55 Å². The number of hydrogen-bond donors (Lipinski definition) is 1. The molecule has 2 rings (SSSR count). The molecular formula is C13H15N3O. The molecular weight excluding hydrogens is 214 g/mol. The van der Waals surface area contributed by atoms with Crippen molar-refractivity contribution in [2.75, 3.05) is 0 Å². The average molecular weight is 229 g/mol. The Bertz CT molecular complexity index is 534. The van der Waals surface area contributed by atoms with Crippen molar-refractivity contribution in [1.82, 2.24) is 9.55 Å². The van der Waals surface area contributed by atoms with Gasteiger partial charge in [0.25, 0.3) is 5.56 Å². The molecule has 0 atom stereocenters. The van der Waals surface area contributed by atoms with E-state index in [-0.39, 0.29) is 12.1 Å². The largest absolute Gasteiger partial charge is 0.326 e. The van der Waals surface area contributed by atoms with E-state index in [1.807, 2.05) is 24.4 Å². The molecule has 0 aliphatic rings. The molecule has 0 radical (unpaired) electrons. The molecule has 4 heteroatoms. The van der Waals surface area contributed by atoms with Gasteiger partial charge in [0.1, 0.15) is 0 Å². The van der Waals surface area contributed by atoms with Gasteiger partial charge in [-0.05, 0) is 24.1 Å². The van der Waals surface area contributed by atoms with Gasteiger partial charge in [-0.1, -0.05) is 12.1 Å². The molecule has 0 aliphatic carbocycles. The van der Waals surface area contributed by atoms with E-state index in [1.165, 1.54) is 0 Å². The van der Waals surface area contributed by atoms with E-state index in [2.05, 4.69) is 4.98 Å². The van der Waals surface area contributed by atoms with Gasteiger partial charge in [0.2, 0.25) is 0 Å². The highest BCUT2D eigenvalue weighted by Crippen LogP contribution is 1.99. The Morgan fingerprint density at radius 1 is 1.29 bits per heavy atom. The smallest absolute Gasteiger partial charge is 0.255 e. The summed E-state index contributed by atoms with van der Waals surface area (Å²) in [7, 11) is 0.